The highest BCUT2D eigenvalue weighted by molar-refractivity contribution is 5.31. The molecule has 12 atom stereocenters. The summed E-state index contributed by atoms with van der Waals surface area (Å²) in [7, 11) is 2.01. The van der Waals surface area contributed by atoms with Crippen LogP contribution < -0.4 is 0 Å². The summed E-state index contributed by atoms with van der Waals surface area (Å²) >= 11 is 0. The van der Waals surface area contributed by atoms with Gasteiger partial charge in [-0.05, 0) is 96.7 Å². The molecule has 0 aromatic heterocycles. The quantitative estimate of drug-likeness (QED) is 0.655. The van der Waals surface area contributed by atoms with Gasteiger partial charge in [0.15, 0.2) is 0 Å². The smallest absolute Gasteiger partial charge is 0.0638 e. The number of hydrogen-bond donors (Lipinski definition) is 0. The molecular weight excluding hydrogens is 232 g/mol. The Morgan fingerprint density at radius 1 is 0.526 bits per heavy atom. The third-order valence-electron chi connectivity index (χ3n) is 9.77. The molecule has 2 bridgehead atoms. The Morgan fingerprint density at radius 3 is 1.26 bits per heavy atom. The Balaban J connectivity index is 1.30. The van der Waals surface area contributed by atoms with E-state index in [4.69, 9.17) is 4.74 Å². The van der Waals surface area contributed by atoms with Crippen molar-refractivity contribution in [1.29, 1.82) is 0 Å². The van der Waals surface area contributed by atoms with Gasteiger partial charge in [0.2, 0.25) is 0 Å². The Labute approximate surface area is 115 Å². The van der Waals surface area contributed by atoms with Crippen LogP contribution in [0.5, 0.6) is 0 Å². The molecular formula is C18H24O. The Morgan fingerprint density at radius 2 is 0.895 bits per heavy atom. The van der Waals surface area contributed by atoms with Crippen LogP contribution in [0.15, 0.2) is 0 Å². The third kappa shape index (κ3) is 0.716. The van der Waals surface area contributed by atoms with Crippen LogP contribution in [0, 0.1) is 71.0 Å². The maximum absolute atomic E-state index is 6.04. The summed E-state index contributed by atoms with van der Waals surface area (Å²) in [6, 6.07) is 0. The fourth-order valence-corrected chi connectivity index (χ4v) is 9.38. The minimum Gasteiger partial charge on any atom is -0.381 e. The molecule has 12 unspecified atom stereocenters. The largest absolute Gasteiger partial charge is 0.381 e. The van der Waals surface area contributed by atoms with Crippen molar-refractivity contribution in [2.75, 3.05) is 7.11 Å². The average molecular weight is 256 g/mol. The summed E-state index contributed by atoms with van der Waals surface area (Å²) in [4.78, 5) is 0. The molecule has 7 rings (SSSR count). The first-order valence-electron chi connectivity index (χ1n) is 8.94. The highest BCUT2D eigenvalue weighted by atomic mass is 16.5. The SMILES string of the molecule is COC1C2C3CCC3C1C1C2C2C3C4CCC4C3C12. The maximum Gasteiger partial charge on any atom is 0.0638 e. The molecule has 0 spiro atoms. The van der Waals surface area contributed by atoms with Gasteiger partial charge < -0.3 is 4.74 Å². The summed E-state index contributed by atoms with van der Waals surface area (Å²) in [6.07, 6.45) is 6.98. The number of ether oxygens (including phenoxy) is 1. The Bertz CT molecular complexity index is 444. The van der Waals surface area contributed by atoms with Gasteiger partial charge in [-0.15, -0.1) is 0 Å². The van der Waals surface area contributed by atoms with Crippen molar-refractivity contribution in [3.05, 3.63) is 0 Å². The summed E-state index contributed by atoms with van der Waals surface area (Å²) in [6.45, 7) is 0. The molecule has 102 valence electrons. The van der Waals surface area contributed by atoms with Crippen molar-refractivity contribution in [2.45, 2.75) is 31.8 Å². The molecule has 7 saturated carbocycles. The number of methoxy groups -OCH3 is 1. The van der Waals surface area contributed by atoms with Gasteiger partial charge in [-0.2, -0.15) is 0 Å². The highest BCUT2D eigenvalue weighted by Gasteiger charge is 2.84. The number of rotatable bonds is 1. The normalized spacial score (nSPS) is 79.7. The minimum absolute atomic E-state index is 0.690. The molecule has 1 heteroatoms. The molecule has 0 aromatic rings. The van der Waals surface area contributed by atoms with Gasteiger partial charge in [0, 0.05) is 7.11 Å². The third-order valence-corrected chi connectivity index (χ3v) is 9.77. The molecule has 0 aliphatic heterocycles. The van der Waals surface area contributed by atoms with E-state index in [9.17, 15) is 0 Å². The predicted molar refractivity (Wildman–Crippen MR) is 71.1 cm³/mol. The van der Waals surface area contributed by atoms with Crippen molar-refractivity contribution < 1.29 is 4.74 Å². The molecule has 7 aliphatic rings. The van der Waals surface area contributed by atoms with Gasteiger partial charge in [-0.3, -0.25) is 0 Å². The van der Waals surface area contributed by atoms with E-state index in [2.05, 4.69) is 0 Å². The van der Waals surface area contributed by atoms with Crippen molar-refractivity contribution in [3.8, 4) is 0 Å². The first kappa shape index (κ1) is 9.82. The summed E-state index contributed by atoms with van der Waals surface area (Å²) < 4.78 is 6.04. The monoisotopic (exact) mass is 256 g/mol. The zero-order chi connectivity index (χ0) is 12.0. The van der Waals surface area contributed by atoms with E-state index < -0.39 is 0 Å². The molecule has 0 heterocycles. The van der Waals surface area contributed by atoms with Crippen molar-refractivity contribution >= 4 is 0 Å². The second-order valence-corrected chi connectivity index (χ2v) is 9.13. The van der Waals surface area contributed by atoms with Crippen LogP contribution in [0.3, 0.4) is 0 Å². The molecule has 0 amide bonds. The number of fused-ring (bicyclic) bond motifs is 17. The van der Waals surface area contributed by atoms with Gasteiger partial charge in [0.1, 0.15) is 0 Å². The lowest BCUT2D eigenvalue weighted by Crippen LogP contribution is -2.78. The Hall–Kier alpha value is -0.0400. The molecule has 7 fully saturated rings. The van der Waals surface area contributed by atoms with Crippen LogP contribution in [0.1, 0.15) is 25.7 Å². The summed E-state index contributed by atoms with van der Waals surface area (Å²) in [5.41, 5.74) is 0. The van der Waals surface area contributed by atoms with E-state index in [-0.39, 0.29) is 0 Å². The Kier molecular flexibility index (Phi) is 1.38. The molecule has 19 heavy (non-hydrogen) atoms. The van der Waals surface area contributed by atoms with E-state index >= 15 is 0 Å². The lowest BCUT2D eigenvalue weighted by atomic mass is 9.22. The van der Waals surface area contributed by atoms with Crippen LogP contribution in [0.25, 0.3) is 0 Å². The topological polar surface area (TPSA) is 9.23 Å². The van der Waals surface area contributed by atoms with E-state index in [1.807, 2.05) is 7.11 Å². The fraction of sp³-hybridized carbons (Fsp3) is 1.00. The molecule has 0 saturated heterocycles. The first-order valence-corrected chi connectivity index (χ1v) is 8.94. The van der Waals surface area contributed by atoms with E-state index in [1.54, 1.807) is 25.7 Å². The predicted octanol–water partition coefficient (Wildman–Crippen LogP) is 3.05. The van der Waals surface area contributed by atoms with Crippen LogP contribution >= 0.6 is 0 Å². The minimum atomic E-state index is 0.690. The zero-order valence-electron chi connectivity index (χ0n) is 11.7. The standard InChI is InChI=1S/C18H24O/c1-19-18-12-8-4-5-9(8)13(18)17-15-11-7-3-2-6(7)10(11)14(15)16(12)17/h6-18H,2-5H2,1H3. The van der Waals surface area contributed by atoms with Gasteiger partial charge in [-0.1, -0.05) is 0 Å². The molecule has 7 aliphatic carbocycles. The van der Waals surface area contributed by atoms with Crippen molar-refractivity contribution in [2.24, 2.45) is 71.0 Å². The molecule has 0 radical (unpaired) electrons. The van der Waals surface area contributed by atoms with Gasteiger partial charge in [0.25, 0.3) is 0 Å². The van der Waals surface area contributed by atoms with Crippen molar-refractivity contribution in [3.63, 3.8) is 0 Å². The zero-order valence-corrected chi connectivity index (χ0v) is 11.7. The van der Waals surface area contributed by atoms with Crippen molar-refractivity contribution in [1.82, 2.24) is 0 Å². The molecule has 0 aromatic carbocycles. The molecule has 0 N–H and O–H groups in total. The van der Waals surface area contributed by atoms with Gasteiger partial charge in [-0.25, -0.2) is 0 Å². The summed E-state index contributed by atoms with van der Waals surface area (Å²) in [5, 5.41) is 0. The van der Waals surface area contributed by atoms with Crippen LogP contribution in [-0.4, -0.2) is 13.2 Å². The fourth-order valence-electron chi connectivity index (χ4n) is 9.38. The van der Waals surface area contributed by atoms with Gasteiger partial charge >= 0.3 is 0 Å². The van der Waals surface area contributed by atoms with E-state index in [0.717, 1.165) is 35.5 Å². The highest BCUT2D eigenvalue weighted by Crippen LogP contribution is 2.87. The molecule has 1 nitrogen and oxygen atoms in total. The maximum atomic E-state index is 6.04. The second kappa shape index (κ2) is 2.67. The van der Waals surface area contributed by atoms with Gasteiger partial charge in [0.05, 0.1) is 6.10 Å². The van der Waals surface area contributed by atoms with E-state index in [0.29, 0.717) is 6.10 Å². The number of hydrogen-bond acceptors (Lipinski definition) is 1. The van der Waals surface area contributed by atoms with Crippen LogP contribution in [0.2, 0.25) is 0 Å². The van der Waals surface area contributed by atoms with E-state index in [1.165, 1.54) is 35.5 Å². The van der Waals surface area contributed by atoms with Crippen LogP contribution in [-0.2, 0) is 4.74 Å². The first-order chi connectivity index (χ1) is 9.42. The van der Waals surface area contributed by atoms with Crippen LogP contribution in [0.4, 0.5) is 0 Å². The average Bonchev–Trinajstić information content (AvgIpc) is 2.66. The second-order valence-electron chi connectivity index (χ2n) is 9.13. The summed E-state index contributed by atoms with van der Waals surface area (Å²) in [5.74, 6) is 13.8. The lowest BCUT2D eigenvalue weighted by molar-refractivity contribution is -0.354. The lowest BCUT2D eigenvalue weighted by Gasteiger charge is -2.82.